The van der Waals surface area contributed by atoms with Crippen LogP contribution < -0.4 is 5.73 Å². The largest absolute Gasteiger partial charge is 0.388 e. The van der Waals surface area contributed by atoms with Crippen molar-refractivity contribution < 1.29 is 14.6 Å². The molecule has 3 N–H and O–H groups in total. The zero-order valence-electron chi connectivity index (χ0n) is 13.1. The van der Waals surface area contributed by atoms with Crippen molar-refractivity contribution in [3.05, 3.63) is 35.4 Å². The Bertz CT molecular complexity index is 533. The van der Waals surface area contributed by atoms with Crippen LogP contribution in [0.2, 0.25) is 0 Å². The Morgan fingerprint density at radius 2 is 1.76 bits per heavy atom. The highest BCUT2D eigenvalue weighted by Gasteiger charge is 2.54. The molecule has 1 aliphatic carbocycles. The lowest BCUT2D eigenvalue weighted by Gasteiger charge is -2.52. The zero-order valence-corrected chi connectivity index (χ0v) is 13.1. The minimum absolute atomic E-state index is 0.00105. The second-order valence-corrected chi connectivity index (χ2v) is 7.44. The molecular weight excluding hydrogens is 266 g/mol. The van der Waals surface area contributed by atoms with Crippen molar-refractivity contribution in [2.75, 3.05) is 13.2 Å². The van der Waals surface area contributed by atoms with Crippen LogP contribution in [0, 0.1) is 5.41 Å². The molecule has 2 unspecified atom stereocenters. The van der Waals surface area contributed by atoms with Gasteiger partial charge in [0.2, 0.25) is 0 Å². The maximum Gasteiger partial charge on any atom is 0.183 e. The summed E-state index contributed by atoms with van der Waals surface area (Å²) in [5.74, 6) is -0.864. The number of benzene rings is 1. The Morgan fingerprint density at radius 3 is 2.43 bits per heavy atom. The van der Waals surface area contributed by atoms with Crippen LogP contribution in [0.1, 0.15) is 44.4 Å². The average molecular weight is 291 g/mol. The highest BCUT2D eigenvalue weighted by Crippen LogP contribution is 2.44. The molecule has 1 aromatic rings. The SMILES string of the molecule is CC1(C)COC(C)(C2(N)Cc3ccccc3C(O)C2)OC1. The number of ether oxygens (including phenoxy) is 2. The number of aliphatic hydroxyl groups excluding tert-OH is 1. The number of hydrogen-bond donors (Lipinski definition) is 2. The van der Waals surface area contributed by atoms with Gasteiger partial charge in [-0.25, -0.2) is 0 Å². The summed E-state index contributed by atoms with van der Waals surface area (Å²) in [6, 6.07) is 7.91. The van der Waals surface area contributed by atoms with Gasteiger partial charge < -0.3 is 20.3 Å². The first-order valence-electron chi connectivity index (χ1n) is 7.57. The fraction of sp³-hybridized carbons (Fsp3) is 0.647. The standard InChI is InChI=1S/C17H25NO3/c1-15(2)10-20-16(3,21-11-15)17(18)8-12-6-4-5-7-13(12)14(19)9-17/h4-7,14,19H,8-11,18H2,1-3H3. The molecule has 3 rings (SSSR count). The summed E-state index contributed by atoms with van der Waals surface area (Å²) < 4.78 is 12.1. The minimum atomic E-state index is -0.864. The molecule has 0 aromatic heterocycles. The van der Waals surface area contributed by atoms with E-state index in [1.165, 1.54) is 0 Å². The van der Waals surface area contributed by atoms with Crippen LogP contribution in [-0.4, -0.2) is 29.6 Å². The molecule has 1 aromatic carbocycles. The van der Waals surface area contributed by atoms with Crippen LogP contribution in [-0.2, 0) is 15.9 Å². The fourth-order valence-electron chi connectivity index (χ4n) is 3.27. The fourth-order valence-corrected chi connectivity index (χ4v) is 3.27. The molecule has 0 bridgehead atoms. The highest BCUT2D eigenvalue weighted by atomic mass is 16.7. The van der Waals surface area contributed by atoms with E-state index in [0.29, 0.717) is 26.1 Å². The van der Waals surface area contributed by atoms with Gasteiger partial charge >= 0.3 is 0 Å². The van der Waals surface area contributed by atoms with Gasteiger partial charge in [0.15, 0.2) is 5.79 Å². The van der Waals surface area contributed by atoms with E-state index in [4.69, 9.17) is 15.2 Å². The number of aliphatic hydroxyl groups is 1. The van der Waals surface area contributed by atoms with Gasteiger partial charge in [0.05, 0.1) is 24.9 Å². The molecule has 0 amide bonds. The van der Waals surface area contributed by atoms with Gasteiger partial charge in [-0.3, -0.25) is 0 Å². The molecule has 1 aliphatic heterocycles. The third-order valence-electron chi connectivity index (χ3n) is 4.86. The summed E-state index contributed by atoms with van der Waals surface area (Å²) in [5, 5.41) is 10.5. The Balaban J connectivity index is 1.89. The molecule has 0 radical (unpaired) electrons. The Kier molecular flexibility index (Phi) is 3.41. The second kappa shape index (κ2) is 4.78. The molecule has 1 fully saturated rings. The van der Waals surface area contributed by atoms with Crippen LogP contribution in [0.15, 0.2) is 24.3 Å². The minimum Gasteiger partial charge on any atom is -0.388 e. The normalized spacial score (nSPS) is 34.2. The van der Waals surface area contributed by atoms with Crippen molar-refractivity contribution in [1.29, 1.82) is 0 Å². The first-order chi connectivity index (χ1) is 9.75. The second-order valence-electron chi connectivity index (χ2n) is 7.44. The van der Waals surface area contributed by atoms with Crippen LogP contribution in [0.25, 0.3) is 0 Å². The van der Waals surface area contributed by atoms with E-state index in [9.17, 15) is 5.11 Å². The Labute approximate surface area is 126 Å². The van der Waals surface area contributed by atoms with Gasteiger partial charge in [-0.15, -0.1) is 0 Å². The van der Waals surface area contributed by atoms with Crippen molar-refractivity contribution in [2.45, 2.75) is 51.0 Å². The van der Waals surface area contributed by atoms with E-state index < -0.39 is 17.4 Å². The molecule has 0 spiro atoms. The number of hydrogen-bond acceptors (Lipinski definition) is 4. The topological polar surface area (TPSA) is 64.7 Å². The number of fused-ring (bicyclic) bond motifs is 1. The van der Waals surface area contributed by atoms with E-state index in [1.807, 2.05) is 31.2 Å². The van der Waals surface area contributed by atoms with Crippen molar-refractivity contribution >= 4 is 0 Å². The van der Waals surface area contributed by atoms with Gasteiger partial charge in [0.1, 0.15) is 0 Å². The predicted octanol–water partition coefficient (Wildman–Crippen LogP) is 2.15. The molecule has 4 heteroatoms. The van der Waals surface area contributed by atoms with E-state index in [2.05, 4.69) is 13.8 Å². The van der Waals surface area contributed by atoms with Crippen molar-refractivity contribution in [3.63, 3.8) is 0 Å². The van der Waals surface area contributed by atoms with Crippen molar-refractivity contribution in [2.24, 2.45) is 11.1 Å². The van der Waals surface area contributed by atoms with Gasteiger partial charge in [-0.1, -0.05) is 38.1 Å². The van der Waals surface area contributed by atoms with Crippen LogP contribution in [0.3, 0.4) is 0 Å². The van der Waals surface area contributed by atoms with Crippen molar-refractivity contribution in [1.82, 2.24) is 0 Å². The lowest BCUT2D eigenvalue weighted by molar-refractivity contribution is -0.321. The summed E-state index contributed by atoms with van der Waals surface area (Å²) in [7, 11) is 0. The summed E-state index contributed by atoms with van der Waals surface area (Å²) in [4.78, 5) is 0. The first kappa shape index (κ1) is 15.0. The Hall–Kier alpha value is -0.940. The van der Waals surface area contributed by atoms with Gasteiger partial charge in [-0.2, -0.15) is 0 Å². The molecule has 4 nitrogen and oxygen atoms in total. The maximum atomic E-state index is 10.5. The lowest BCUT2D eigenvalue weighted by Crippen LogP contribution is -2.67. The van der Waals surface area contributed by atoms with E-state index in [1.54, 1.807) is 0 Å². The summed E-state index contributed by atoms with van der Waals surface area (Å²) in [6.07, 6.45) is 0.525. The number of rotatable bonds is 1. The average Bonchev–Trinajstić information content (AvgIpc) is 2.42. The third-order valence-corrected chi connectivity index (χ3v) is 4.86. The summed E-state index contributed by atoms with van der Waals surface area (Å²) >= 11 is 0. The van der Waals surface area contributed by atoms with Gasteiger partial charge in [0, 0.05) is 11.8 Å². The summed E-state index contributed by atoms with van der Waals surface area (Å²) in [6.45, 7) is 7.35. The molecule has 1 heterocycles. The zero-order chi connectivity index (χ0) is 15.3. The van der Waals surface area contributed by atoms with E-state index >= 15 is 0 Å². The molecular formula is C17H25NO3. The summed E-state index contributed by atoms with van der Waals surface area (Å²) in [5.41, 5.74) is 7.98. The van der Waals surface area contributed by atoms with E-state index in [0.717, 1.165) is 11.1 Å². The van der Waals surface area contributed by atoms with Crippen LogP contribution >= 0.6 is 0 Å². The first-order valence-corrected chi connectivity index (χ1v) is 7.57. The molecule has 0 saturated carbocycles. The van der Waals surface area contributed by atoms with Gasteiger partial charge in [-0.05, 0) is 24.5 Å². The van der Waals surface area contributed by atoms with Gasteiger partial charge in [0.25, 0.3) is 0 Å². The van der Waals surface area contributed by atoms with E-state index in [-0.39, 0.29) is 5.41 Å². The lowest BCUT2D eigenvalue weighted by atomic mass is 9.72. The smallest absolute Gasteiger partial charge is 0.183 e. The molecule has 21 heavy (non-hydrogen) atoms. The predicted molar refractivity (Wildman–Crippen MR) is 80.7 cm³/mol. The maximum absolute atomic E-state index is 10.5. The Morgan fingerprint density at radius 1 is 1.14 bits per heavy atom. The van der Waals surface area contributed by atoms with Crippen LogP contribution in [0.4, 0.5) is 0 Å². The monoisotopic (exact) mass is 291 g/mol. The molecule has 1 saturated heterocycles. The molecule has 2 aliphatic rings. The quantitative estimate of drug-likeness (QED) is 0.832. The van der Waals surface area contributed by atoms with Crippen LogP contribution in [0.5, 0.6) is 0 Å². The third kappa shape index (κ3) is 2.50. The van der Waals surface area contributed by atoms with Crippen molar-refractivity contribution in [3.8, 4) is 0 Å². The molecule has 116 valence electrons. The molecule has 2 atom stereocenters. The highest BCUT2D eigenvalue weighted by molar-refractivity contribution is 5.35. The number of nitrogens with two attached hydrogens (primary N) is 1.